The monoisotopic (exact) mass is 410 g/mol. The second-order valence-corrected chi connectivity index (χ2v) is 7.66. The number of hydrogen-bond donors (Lipinski definition) is 1. The van der Waals surface area contributed by atoms with Crippen molar-refractivity contribution >= 4 is 17.5 Å². The van der Waals surface area contributed by atoms with Gasteiger partial charge in [-0.3, -0.25) is 9.59 Å². The van der Waals surface area contributed by atoms with E-state index >= 15 is 0 Å². The predicted octanol–water partition coefficient (Wildman–Crippen LogP) is 4.30. The van der Waals surface area contributed by atoms with Gasteiger partial charge in [0.2, 0.25) is 5.91 Å². The van der Waals surface area contributed by atoms with Crippen molar-refractivity contribution in [3.05, 3.63) is 53.1 Å². The standard InChI is InChI=1S/C24H30N2O4/c1-5-6-7-12-30-21-11-9-18(14-22(21)29-4)15-26-20-10-8-16(2)13-19(20)23(24(26)28)25-17(3)27/h8-11,13-14,23H,5-7,12,15H2,1-4H3,(H,25,27). The molecule has 1 heterocycles. The van der Waals surface area contributed by atoms with Gasteiger partial charge in [-0.15, -0.1) is 0 Å². The van der Waals surface area contributed by atoms with E-state index in [0.717, 1.165) is 41.6 Å². The van der Waals surface area contributed by atoms with Crippen LogP contribution in [0, 0.1) is 6.92 Å². The molecule has 0 aliphatic carbocycles. The van der Waals surface area contributed by atoms with Gasteiger partial charge < -0.3 is 19.7 Å². The van der Waals surface area contributed by atoms with E-state index in [9.17, 15) is 9.59 Å². The third-order valence-electron chi connectivity index (χ3n) is 5.22. The molecule has 160 valence electrons. The number of ether oxygens (including phenoxy) is 2. The molecule has 0 saturated heterocycles. The Balaban J connectivity index is 1.81. The minimum atomic E-state index is -0.652. The van der Waals surface area contributed by atoms with E-state index < -0.39 is 6.04 Å². The van der Waals surface area contributed by atoms with Gasteiger partial charge in [-0.1, -0.05) is 43.5 Å². The number of aryl methyl sites for hydroxylation is 1. The minimum absolute atomic E-state index is 0.135. The zero-order valence-electron chi connectivity index (χ0n) is 18.2. The van der Waals surface area contributed by atoms with Gasteiger partial charge in [0.25, 0.3) is 5.91 Å². The zero-order chi connectivity index (χ0) is 21.7. The van der Waals surface area contributed by atoms with Crippen molar-refractivity contribution in [2.45, 2.75) is 52.6 Å². The Morgan fingerprint density at radius 3 is 2.63 bits per heavy atom. The Hall–Kier alpha value is -3.02. The van der Waals surface area contributed by atoms with E-state index in [4.69, 9.17) is 9.47 Å². The van der Waals surface area contributed by atoms with Gasteiger partial charge in [-0.2, -0.15) is 0 Å². The summed E-state index contributed by atoms with van der Waals surface area (Å²) in [4.78, 5) is 26.4. The van der Waals surface area contributed by atoms with Gasteiger partial charge in [-0.25, -0.2) is 0 Å². The van der Waals surface area contributed by atoms with Gasteiger partial charge in [0, 0.05) is 18.2 Å². The van der Waals surface area contributed by atoms with E-state index in [1.807, 2.05) is 43.3 Å². The average Bonchev–Trinajstić information content (AvgIpc) is 2.96. The van der Waals surface area contributed by atoms with E-state index in [-0.39, 0.29) is 11.8 Å². The Labute approximate surface area is 178 Å². The summed E-state index contributed by atoms with van der Waals surface area (Å²) in [5.41, 5.74) is 3.63. The van der Waals surface area contributed by atoms with Crippen molar-refractivity contribution in [2.75, 3.05) is 18.6 Å². The third kappa shape index (κ3) is 4.75. The van der Waals surface area contributed by atoms with E-state index in [1.165, 1.54) is 6.92 Å². The highest BCUT2D eigenvalue weighted by Gasteiger charge is 2.37. The second kappa shape index (κ2) is 9.65. The molecule has 1 aliphatic heterocycles. The smallest absolute Gasteiger partial charge is 0.254 e. The summed E-state index contributed by atoms with van der Waals surface area (Å²) in [5.74, 6) is 0.994. The van der Waals surface area contributed by atoms with Crippen molar-refractivity contribution < 1.29 is 19.1 Å². The molecule has 0 radical (unpaired) electrons. The molecule has 2 amide bonds. The first-order valence-corrected chi connectivity index (χ1v) is 10.4. The van der Waals surface area contributed by atoms with Crippen LogP contribution < -0.4 is 19.7 Å². The van der Waals surface area contributed by atoms with Crippen LogP contribution in [0.1, 0.15) is 55.8 Å². The molecule has 0 aromatic heterocycles. The molecule has 2 aromatic carbocycles. The maximum Gasteiger partial charge on any atom is 0.254 e. The van der Waals surface area contributed by atoms with Crippen molar-refractivity contribution in [3.8, 4) is 11.5 Å². The summed E-state index contributed by atoms with van der Waals surface area (Å²) in [6, 6.07) is 11.0. The molecule has 6 nitrogen and oxygen atoms in total. The number of methoxy groups -OCH3 is 1. The number of unbranched alkanes of at least 4 members (excludes halogenated alkanes) is 2. The highest BCUT2D eigenvalue weighted by Crippen LogP contribution is 2.38. The van der Waals surface area contributed by atoms with Gasteiger partial charge in [0.1, 0.15) is 6.04 Å². The quantitative estimate of drug-likeness (QED) is 0.626. The van der Waals surface area contributed by atoms with Crippen LogP contribution in [0.2, 0.25) is 0 Å². The van der Waals surface area contributed by atoms with Crippen LogP contribution in [0.15, 0.2) is 36.4 Å². The van der Waals surface area contributed by atoms with Gasteiger partial charge in [0.15, 0.2) is 11.5 Å². The molecule has 3 rings (SSSR count). The maximum absolute atomic E-state index is 13.1. The minimum Gasteiger partial charge on any atom is -0.493 e. The fourth-order valence-corrected chi connectivity index (χ4v) is 3.71. The number of hydrogen-bond acceptors (Lipinski definition) is 4. The lowest BCUT2D eigenvalue weighted by molar-refractivity contribution is -0.126. The van der Waals surface area contributed by atoms with Crippen molar-refractivity contribution in [3.63, 3.8) is 0 Å². The molecule has 0 saturated carbocycles. The second-order valence-electron chi connectivity index (χ2n) is 7.66. The molecule has 1 aliphatic rings. The first kappa shape index (κ1) is 21.7. The molecule has 1 N–H and O–H groups in total. The molecule has 0 fully saturated rings. The predicted molar refractivity (Wildman–Crippen MR) is 117 cm³/mol. The summed E-state index contributed by atoms with van der Waals surface area (Å²) in [6.07, 6.45) is 3.28. The van der Waals surface area contributed by atoms with Gasteiger partial charge in [0.05, 0.1) is 20.3 Å². The Morgan fingerprint density at radius 1 is 1.13 bits per heavy atom. The number of rotatable bonds is 9. The van der Waals surface area contributed by atoms with E-state index in [2.05, 4.69) is 12.2 Å². The summed E-state index contributed by atoms with van der Waals surface area (Å²) in [5, 5.41) is 2.78. The fraction of sp³-hybridized carbons (Fsp3) is 0.417. The fourth-order valence-electron chi connectivity index (χ4n) is 3.71. The first-order chi connectivity index (χ1) is 14.4. The van der Waals surface area contributed by atoms with Crippen molar-refractivity contribution in [1.82, 2.24) is 5.32 Å². The molecule has 1 atom stereocenters. The zero-order valence-corrected chi connectivity index (χ0v) is 18.2. The molecule has 0 spiro atoms. The van der Waals surface area contributed by atoms with Crippen molar-refractivity contribution in [1.29, 1.82) is 0 Å². The molecule has 6 heteroatoms. The largest absolute Gasteiger partial charge is 0.493 e. The lowest BCUT2D eigenvalue weighted by Crippen LogP contribution is -2.36. The number of carbonyl (C=O) groups excluding carboxylic acids is 2. The SMILES string of the molecule is CCCCCOc1ccc(CN2C(=O)C(NC(C)=O)c3cc(C)ccc32)cc1OC. The van der Waals surface area contributed by atoms with Crippen LogP contribution in [0.4, 0.5) is 5.69 Å². The van der Waals surface area contributed by atoms with Crippen molar-refractivity contribution in [2.24, 2.45) is 0 Å². The normalized spacial score (nSPS) is 15.1. The highest BCUT2D eigenvalue weighted by molar-refractivity contribution is 6.06. The number of benzene rings is 2. The van der Waals surface area contributed by atoms with E-state index in [0.29, 0.717) is 24.7 Å². The molecule has 2 aromatic rings. The van der Waals surface area contributed by atoms with Crippen LogP contribution in [-0.2, 0) is 16.1 Å². The lowest BCUT2D eigenvalue weighted by atomic mass is 10.1. The summed E-state index contributed by atoms with van der Waals surface area (Å²) < 4.78 is 11.4. The Morgan fingerprint density at radius 2 is 1.93 bits per heavy atom. The van der Waals surface area contributed by atoms with Crippen LogP contribution in [0.5, 0.6) is 11.5 Å². The molecular weight excluding hydrogens is 380 g/mol. The Kier molecular flexibility index (Phi) is 6.98. The van der Waals surface area contributed by atoms with Crippen LogP contribution in [0.3, 0.4) is 0 Å². The van der Waals surface area contributed by atoms with Gasteiger partial charge in [-0.05, 0) is 37.1 Å². The molecule has 1 unspecified atom stereocenters. The number of fused-ring (bicyclic) bond motifs is 1. The number of carbonyl (C=O) groups is 2. The van der Waals surface area contributed by atoms with E-state index in [1.54, 1.807) is 12.0 Å². The average molecular weight is 411 g/mol. The topological polar surface area (TPSA) is 67.9 Å². The molecule has 30 heavy (non-hydrogen) atoms. The summed E-state index contributed by atoms with van der Waals surface area (Å²) in [7, 11) is 1.61. The van der Waals surface area contributed by atoms with Crippen LogP contribution >= 0.6 is 0 Å². The summed E-state index contributed by atoms with van der Waals surface area (Å²) in [6.45, 7) is 6.60. The lowest BCUT2D eigenvalue weighted by Gasteiger charge is -2.19. The first-order valence-electron chi connectivity index (χ1n) is 10.4. The maximum atomic E-state index is 13.1. The number of nitrogens with zero attached hydrogens (tertiary/aromatic N) is 1. The molecular formula is C24H30N2O4. The highest BCUT2D eigenvalue weighted by atomic mass is 16.5. The number of anilines is 1. The number of nitrogens with one attached hydrogen (secondary N) is 1. The summed E-state index contributed by atoms with van der Waals surface area (Å²) >= 11 is 0. The van der Waals surface area contributed by atoms with Crippen LogP contribution in [0.25, 0.3) is 0 Å². The Bertz CT molecular complexity index is 925. The van der Waals surface area contributed by atoms with Gasteiger partial charge >= 0.3 is 0 Å². The number of amides is 2. The van der Waals surface area contributed by atoms with Crippen LogP contribution in [-0.4, -0.2) is 25.5 Å². The third-order valence-corrected chi connectivity index (χ3v) is 5.22. The molecule has 0 bridgehead atoms.